The van der Waals surface area contributed by atoms with E-state index >= 15 is 0 Å². The number of nitrogens with one attached hydrogen (secondary N) is 2. The number of carbonyl (C=O) groups excluding carboxylic acids is 3. The minimum atomic E-state index is -0.775. The third-order valence-corrected chi connectivity index (χ3v) is 8.07. The number of fused-ring (bicyclic) bond motifs is 10. The van der Waals surface area contributed by atoms with Gasteiger partial charge in [0.05, 0.1) is 22.4 Å². The maximum absolute atomic E-state index is 13.9. The third kappa shape index (κ3) is 7.16. The fourth-order valence-electron chi connectivity index (χ4n) is 5.44. The van der Waals surface area contributed by atoms with Crippen molar-refractivity contribution in [3.05, 3.63) is 64.9 Å². The van der Waals surface area contributed by atoms with Crippen LogP contribution in [0.15, 0.2) is 48.5 Å². The number of nitrogens with two attached hydrogens (primary N) is 1. The Morgan fingerprint density at radius 2 is 1.86 bits per heavy atom. The number of aromatic nitrogens is 2. The lowest BCUT2D eigenvalue weighted by atomic mass is 10.1. The van der Waals surface area contributed by atoms with Gasteiger partial charge in [0.25, 0.3) is 5.91 Å². The number of carbonyl (C=O) groups is 3. The van der Waals surface area contributed by atoms with Crippen molar-refractivity contribution in [1.82, 2.24) is 25.1 Å². The molecular weight excluding hydrogens is 570 g/mol. The summed E-state index contributed by atoms with van der Waals surface area (Å²) >= 11 is 6.22. The quantitative estimate of drug-likeness (QED) is 0.365. The molecule has 3 aliphatic heterocycles. The largest absolute Gasteiger partial charge is 0.489 e. The van der Waals surface area contributed by atoms with Crippen LogP contribution in [0.5, 0.6) is 5.75 Å². The van der Waals surface area contributed by atoms with Crippen LogP contribution in [0.25, 0.3) is 11.4 Å². The molecule has 4 heterocycles. The van der Waals surface area contributed by atoms with Crippen molar-refractivity contribution in [2.45, 2.75) is 51.1 Å². The lowest BCUT2D eigenvalue weighted by Gasteiger charge is -2.29. The van der Waals surface area contributed by atoms with E-state index in [-0.39, 0.29) is 30.2 Å². The number of hydrogen-bond donors (Lipinski definition) is 3. The molecule has 1 saturated heterocycles. The number of aryl methyl sites for hydroxylation is 1. The number of rotatable bonds is 2. The standard InChI is InChI=1S/C31H36ClN7O4/c1-19-16-26-29(40)38(2)14-6-5-11-25(37-31(42)36-24-10-4-3-9-22(24)32)30(41)39-15-7-8-21(39)18-43-27-13-12-20(17-23(27)33)28(34-19)35-26/h3-4,9-10,12-13,16-17,21,25H,5-8,11,14-15,18,33H2,1-2H3,(H2,36,37,42)/t21-,25-/m0/s1. The van der Waals surface area contributed by atoms with Gasteiger partial charge in [-0.2, -0.15) is 0 Å². The highest BCUT2D eigenvalue weighted by Crippen LogP contribution is 2.29. The van der Waals surface area contributed by atoms with E-state index in [1.165, 1.54) is 0 Å². The molecular formula is C31H36ClN7O4. The minimum absolute atomic E-state index is 0.170. The molecule has 0 spiro atoms. The van der Waals surface area contributed by atoms with Crippen LogP contribution in [0.1, 0.15) is 48.3 Å². The van der Waals surface area contributed by atoms with Gasteiger partial charge in [0.1, 0.15) is 24.1 Å². The number of anilines is 2. The second kappa shape index (κ2) is 13.3. The van der Waals surface area contributed by atoms with Crippen LogP contribution in [0.2, 0.25) is 5.02 Å². The van der Waals surface area contributed by atoms with Gasteiger partial charge in [-0.05, 0) is 75.4 Å². The zero-order valence-corrected chi connectivity index (χ0v) is 25.1. The Morgan fingerprint density at radius 1 is 1.05 bits per heavy atom. The number of para-hydroxylation sites is 1. The van der Waals surface area contributed by atoms with Crippen LogP contribution in [-0.4, -0.2) is 76.4 Å². The van der Waals surface area contributed by atoms with Gasteiger partial charge >= 0.3 is 6.03 Å². The smallest absolute Gasteiger partial charge is 0.319 e. The Labute approximate surface area is 255 Å². The van der Waals surface area contributed by atoms with Crippen molar-refractivity contribution < 1.29 is 19.1 Å². The summed E-state index contributed by atoms with van der Waals surface area (Å²) in [4.78, 5) is 52.6. The normalized spacial score (nSPS) is 19.6. The van der Waals surface area contributed by atoms with Gasteiger partial charge in [-0.15, -0.1) is 0 Å². The lowest BCUT2D eigenvalue weighted by Crippen LogP contribution is -2.52. The van der Waals surface area contributed by atoms with Crippen molar-refractivity contribution in [3.63, 3.8) is 0 Å². The Kier molecular flexibility index (Phi) is 9.30. The summed E-state index contributed by atoms with van der Waals surface area (Å²) in [5, 5.41) is 6.00. The van der Waals surface area contributed by atoms with Crippen LogP contribution >= 0.6 is 11.6 Å². The van der Waals surface area contributed by atoms with Crippen molar-refractivity contribution in [1.29, 1.82) is 0 Å². The Balaban J connectivity index is 1.40. The maximum atomic E-state index is 13.9. The molecule has 4 bridgehead atoms. The van der Waals surface area contributed by atoms with Gasteiger partial charge in [0.15, 0.2) is 5.82 Å². The van der Waals surface area contributed by atoms with E-state index in [0.29, 0.717) is 71.6 Å². The molecule has 6 rings (SSSR count). The van der Waals surface area contributed by atoms with E-state index in [2.05, 4.69) is 20.6 Å². The van der Waals surface area contributed by atoms with E-state index in [0.717, 1.165) is 12.8 Å². The zero-order chi connectivity index (χ0) is 30.5. The highest BCUT2D eigenvalue weighted by Gasteiger charge is 2.34. The van der Waals surface area contributed by atoms with Gasteiger partial charge in [-0.1, -0.05) is 23.7 Å². The summed E-state index contributed by atoms with van der Waals surface area (Å²) in [5.74, 6) is 0.484. The summed E-state index contributed by atoms with van der Waals surface area (Å²) in [6.07, 6.45) is 3.22. The van der Waals surface area contributed by atoms with Gasteiger partial charge < -0.3 is 30.9 Å². The molecule has 2 aromatic carbocycles. The van der Waals surface area contributed by atoms with E-state index in [1.54, 1.807) is 59.3 Å². The van der Waals surface area contributed by atoms with Crippen molar-refractivity contribution in [3.8, 4) is 17.1 Å². The molecule has 12 heteroatoms. The molecule has 1 fully saturated rings. The number of amides is 4. The summed E-state index contributed by atoms with van der Waals surface area (Å²) in [5.41, 5.74) is 8.82. The molecule has 226 valence electrons. The van der Waals surface area contributed by atoms with Crippen molar-refractivity contribution in [2.75, 3.05) is 37.8 Å². The Bertz CT molecular complexity index is 1520. The summed E-state index contributed by atoms with van der Waals surface area (Å²) < 4.78 is 6.10. The second-order valence-corrected chi connectivity index (χ2v) is 11.4. The number of nitrogens with zero attached hydrogens (tertiary/aromatic N) is 4. The molecule has 43 heavy (non-hydrogen) atoms. The molecule has 4 amide bonds. The number of halogens is 1. The average Bonchev–Trinajstić information content (AvgIpc) is 3.46. The molecule has 1 aromatic heterocycles. The van der Waals surface area contributed by atoms with E-state index in [1.807, 2.05) is 13.0 Å². The Morgan fingerprint density at radius 3 is 2.65 bits per heavy atom. The summed E-state index contributed by atoms with van der Waals surface area (Å²) in [7, 11) is 1.72. The second-order valence-electron chi connectivity index (χ2n) is 11.0. The van der Waals surface area contributed by atoms with Crippen molar-refractivity contribution >= 4 is 40.8 Å². The predicted molar refractivity (Wildman–Crippen MR) is 165 cm³/mol. The van der Waals surface area contributed by atoms with Crippen LogP contribution < -0.4 is 21.1 Å². The monoisotopic (exact) mass is 605 g/mol. The Hall–Kier alpha value is -4.38. The molecule has 0 saturated carbocycles. The van der Waals surface area contributed by atoms with E-state index < -0.39 is 12.1 Å². The number of urea groups is 1. The minimum Gasteiger partial charge on any atom is -0.489 e. The number of benzene rings is 2. The van der Waals surface area contributed by atoms with Gasteiger partial charge in [0, 0.05) is 31.4 Å². The number of hydrogen-bond acceptors (Lipinski definition) is 7. The van der Waals surface area contributed by atoms with Crippen molar-refractivity contribution in [2.24, 2.45) is 0 Å². The van der Waals surface area contributed by atoms with E-state index in [4.69, 9.17) is 22.1 Å². The third-order valence-electron chi connectivity index (χ3n) is 7.74. The topological polar surface area (TPSA) is 143 Å². The fourth-order valence-corrected chi connectivity index (χ4v) is 5.63. The van der Waals surface area contributed by atoms with Crippen LogP contribution in [0, 0.1) is 6.92 Å². The molecule has 3 aliphatic rings. The van der Waals surface area contributed by atoms with Gasteiger partial charge in [-0.3, -0.25) is 9.59 Å². The summed E-state index contributed by atoms with van der Waals surface area (Å²) in [6.45, 7) is 3.09. The first kappa shape index (κ1) is 30.1. The first-order chi connectivity index (χ1) is 20.7. The molecule has 0 unspecified atom stereocenters. The highest BCUT2D eigenvalue weighted by atomic mass is 35.5. The van der Waals surface area contributed by atoms with Gasteiger partial charge in [0.2, 0.25) is 5.91 Å². The fraction of sp³-hybridized carbons (Fsp3) is 0.387. The van der Waals surface area contributed by atoms with Gasteiger partial charge in [-0.25, -0.2) is 14.8 Å². The van der Waals surface area contributed by atoms with Crippen LogP contribution in [-0.2, 0) is 4.79 Å². The predicted octanol–water partition coefficient (Wildman–Crippen LogP) is 4.50. The van der Waals surface area contributed by atoms with Crippen LogP contribution in [0.3, 0.4) is 0 Å². The molecule has 11 nitrogen and oxygen atoms in total. The molecule has 3 aromatic rings. The number of ether oxygens (including phenoxy) is 1. The molecule has 4 N–H and O–H groups in total. The maximum Gasteiger partial charge on any atom is 0.319 e. The first-order valence-corrected chi connectivity index (χ1v) is 14.8. The number of nitrogen functional groups attached to an aromatic ring is 1. The SMILES string of the molecule is Cc1cc2nc(n1)-c1ccc(c(N)c1)OC[C@@H]1CCCN1C(=O)[C@@H](NC(=O)Nc1ccccc1Cl)CCCCN(C)C2=O. The molecule has 0 aliphatic carbocycles. The average molecular weight is 606 g/mol. The molecule has 0 radical (unpaired) electrons. The zero-order valence-electron chi connectivity index (χ0n) is 24.3. The summed E-state index contributed by atoms with van der Waals surface area (Å²) in [6, 6.07) is 12.4. The molecule has 2 atom stereocenters. The lowest BCUT2D eigenvalue weighted by molar-refractivity contribution is -0.134. The highest BCUT2D eigenvalue weighted by molar-refractivity contribution is 6.33. The first-order valence-electron chi connectivity index (χ1n) is 14.5. The van der Waals surface area contributed by atoms with E-state index in [9.17, 15) is 14.4 Å². The van der Waals surface area contributed by atoms with Crippen LogP contribution in [0.4, 0.5) is 16.2 Å².